The zero-order valence-electron chi connectivity index (χ0n) is 22.8. The van der Waals surface area contributed by atoms with Crippen LogP contribution in [0.5, 0.6) is 5.75 Å². The number of aliphatic hydroxyl groups excluding tert-OH is 3. The molecule has 10 heteroatoms. The second kappa shape index (κ2) is 10.5. The van der Waals surface area contributed by atoms with E-state index in [1.807, 2.05) is 84.9 Å². The van der Waals surface area contributed by atoms with Crippen molar-refractivity contribution >= 4 is 17.9 Å². The molecule has 3 aromatic rings. The fourth-order valence-corrected chi connectivity index (χ4v) is 6.28. The third-order valence-electron chi connectivity index (χ3n) is 8.23. The van der Waals surface area contributed by atoms with Crippen molar-refractivity contribution < 1.29 is 24.8 Å². The van der Waals surface area contributed by atoms with Crippen LogP contribution in [0.15, 0.2) is 99.9 Å². The standard InChI is InChI=1S/C31H33N5O5/c1-19(37)26-24(38)25(39)29(41-26)36-18-34-27-28(36)33-17-35-31(27,32)30(20-9-5-3-6-10-20,21-11-7-4-8-12-21)22-13-15-23(40-2)16-14-22/h3-17,19,24-26,29,37-39H,18,32H2,1-2H3/t19-,24+,25-,26-,29-,31?/m1/s1. The van der Waals surface area contributed by atoms with Gasteiger partial charge in [-0.1, -0.05) is 72.8 Å². The Kier molecular flexibility index (Phi) is 6.96. The van der Waals surface area contributed by atoms with Gasteiger partial charge in [-0.25, -0.2) is 9.98 Å². The predicted molar refractivity (Wildman–Crippen MR) is 155 cm³/mol. The molecule has 41 heavy (non-hydrogen) atoms. The second-order valence-corrected chi connectivity index (χ2v) is 10.5. The molecule has 0 aliphatic carbocycles. The summed E-state index contributed by atoms with van der Waals surface area (Å²) in [6, 6.07) is 27.6. The summed E-state index contributed by atoms with van der Waals surface area (Å²) >= 11 is 0. The zero-order valence-corrected chi connectivity index (χ0v) is 22.8. The van der Waals surface area contributed by atoms with Crippen LogP contribution in [0.4, 0.5) is 0 Å². The smallest absolute Gasteiger partial charge is 0.173 e. The predicted octanol–water partition coefficient (Wildman–Crippen LogP) is 1.67. The van der Waals surface area contributed by atoms with Crippen LogP contribution in [-0.2, 0) is 10.2 Å². The van der Waals surface area contributed by atoms with Crippen molar-refractivity contribution in [2.45, 2.75) is 48.6 Å². The number of hydrogen-bond donors (Lipinski definition) is 4. The van der Waals surface area contributed by atoms with Crippen LogP contribution in [0.2, 0.25) is 0 Å². The Bertz CT molecular complexity index is 1440. The van der Waals surface area contributed by atoms with Crippen molar-refractivity contribution in [3.05, 3.63) is 102 Å². The van der Waals surface area contributed by atoms with Gasteiger partial charge in [0.25, 0.3) is 0 Å². The minimum absolute atomic E-state index is 0.0692. The molecule has 5 N–H and O–H groups in total. The molecular weight excluding hydrogens is 522 g/mol. The van der Waals surface area contributed by atoms with E-state index in [4.69, 9.17) is 25.2 Å². The molecule has 0 radical (unpaired) electrons. The molecule has 3 heterocycles. The Morgan fingerprint density at radius 2 is 1.54 bits per heavy atom. The molecule has 3 aliphatic rings. The van der Waals surface area contributed by atoms with Crippen molar-refractivity contribution in [1.29, 1.82) is 0 Å². The van der Waals surface area contributed by atoms with Gasteiger partial charge in [0.05, 0.1) is 18.6 Å². The first-order valence-corrected chi connectivity index (χ1v) is 13.5. The maximum atomic E-state index is 10.9. The van der Waals surface area contributed by atoms with Crippen LogP contribution < -0.4 is 10.5 Å². The lowest BCUT2D eigenvalue weighted by Crippen LogP contribution is -2.66. The first kappa shape index (κ1) is 27.3. The number of ether oxygens (including phenoxy) is 2. The van der Waals surface area contributed by atoms with E-state index in [0.717, 1.165) is 16.7 Å². The lowest BCUT2D eigenvalue weighted by molar-refractivity contribution is -0.0895. The highest BCUT2D eigenvalue weighted by molar-refractivity contribution is 6.48. The minimum Gasteiger partial charge on any atom is -0.497 e. The highest BCUT2D eigenvalue weighted by atomic mass is 16.6. The topological polar surface area (TPSA) is 145 Å². The number of benzene rings is 3. The Morgan fingerprint density at radius 1 is 0.951 bits per heavy atom. The number of amidine groups is 1. The summed E-state index contributed by atoms with van der Waals surface area (Å²) in [6.07, 6.45) is -4.12. The van der Waals surface area contributed by atoms with Crippen molar-refractivity contribution in [2.75, 3.05) is 13.8 Å². The van der Waals surface area contributed by atoms with Crippen molar-refractivity contribution in [3.63, 3.8) is 0 Å². The van der Waals surface area contributed by atoms with Crippen LogP contribution in [0.3, 0.4) is 0 Å². The van der Waals surface area contributed by atoms with Gasteiger partial charge in [-0.3, -0.25) is 4.99 Å². The molecule has 0 spiro atoms. The molecule has 0 aromatic heterocycles. The van der Waals surface area contributed by atoms with Crippen molar-refractivity contribution in [3.8, 4) is 5.75 Å². The van der Waals surface area contributed by atoms with Gasteiger partial charge in [-0.15, -0.1) is 0 Å². The van der Waals surface area contributed by atoms with E-state index in [1.54, 1.807) is 12.0 Å². The number of aliphatic hydroxyl groups is 3. The molecule has 0 bridgehead atoms. The van der Waals surface area contributed by atoms with E-state index < -0.39 is 41.7 Å². The number of aliphatic imine (C=N–C) groups is 3. The number of methoxy groups -OCH3 is 1. The SMILES string of the molecule is COc1ccc(C(c2ccccc2)(c2ccccc2)C2(N)N=CN=C3C2=NCN3[C@@H]2O[C@H]([C@@H](C)O)[C@@H](O)[C@H]2O)cc1. The van der Waals surface area contributed by atoms with Gasteiger partial charge < -0.3 is 35.4 Å². The van der Waals surface area contributed by atoms with Crippen molar-refractivity contribution in [2.24, 2.45) is 20.7 Å². The molecule has 1 unspecified atom stereocenters. The number of rotatable bonds is 7. The molecule has 6 rings (SSSR count). The molecule has 10 nitrogen and oxygen atoms in total. The monoisotopic (exact) mass is 555 g/mol. The van der Waals surface area contributed by atoms with E-state index in [9.17, 15) is 15.3 Å². The van der Waals surface area contributed by atoms with E-state index in [0.29, 0.717) is 17.3 Å². The van der Waals surface area contributed by atoms with Crippen LogP contribution in [0, 0.1) is 0 Å². The maximum Gasteiger partial charge on any atom is 0.173 e. The summed E-state index contributed by atoms with van der Waals surface area (Å²) in [7, 11) is 1.62. The summed E-state index contributed by atoms with van der Waals surface area (Å²) in [6.45, 7) is 1.58. The quantitative estimate of drug-likeness (QED) is 0.325. The molecule has 1 saturated heterocycles. The Balaban J connectivity index is 1.53. The normalized spacial score (nSPS) is 28.2. The Morgan fingerprint density at radius 3 is 2.07 bits per heavy atom. The lowest BCUT2D eigenvalue weighted by Gasteiger charge is -2.48. The first-order valence-electron chi connectivity index (χ1n) is 13.5. The lowest BCUT2D eigenvalue weighted by atomic mass is 9.60. The average Bonchev–Trinajstić information content (AvgIpc) is 3.56. The van der Waals surface area contributed by atoms with Crippen LogP contribution >= 0.6 is 0 Å². The molecule has 3 aromatic carbocycles. The molecule has 0 amide bonds. The van der Waals surface area contributed by atoms with Gasteiger partial charge in [0.1, 0.15) is 42.8 Å². The molecule has 0 saturated carbocycles. The van der Waals surface area contributed by atoms with Gasteiger partial charge in [-0.2, -0.15) is 0 Å². The molecule has 3 aliphatic heterocycles. The average molecular weight is 556 g/mol. The number of nitrogens with two attached hydrogens (primary N) is 1. The van der Waals surface area contributed by atoms with E-state index in [1.165, 1.54) is 13.3 Å². The largest absolute Gasteiger partial charge is 0.497 e. The fourth-order valence-electron chi connectivity index (χ4n) is 6.28. The Hall–Kier alpha value is -3.93. The van der Waals surface area contributed by atoms with Gasteiger partial charge in [0.15, 0.2) is 17.7 Å². The number of hydrogen-bond acceptors (Lipinski definition) is 10. The number of nitrogens with zero attached hydrogens (tertiary/aromatic N) is 4. The van der Waals surface area contributed by atoms with Gasteiger partial charge in [0.2, 0.25) is 0 Å². The molecule has 1 fully saturated rings. The minimum atomic E-state index is -1.50. The van der Waals surface area contributed by atoms with E-state index in [-0.39, 0.29) is 6.67 Å². The highest BCUT2D eigenvalue weighted by Gasteiger charge is 2.60. The van der Waals surface area contributed by atoms with E-state index in [2.05, 4.69) is 4.99 Å². The summed E-state index contributed by atoms with van der Waals surface area (Å²) in [5.74, 6) is 1.09. The second-order valence-electron chi connectivity index (χ2n) is 10.5. The Labute approximate surface area is 238 Å². The van der Waals surface area contributed by atoms with Gasteiger partial charge >= 0.3 is 0 Å². The molecule has 212 valence electrons. The third-order valence-corrected chi connectivity index (χ3v) is 8.23. The molecule has 6 atom stereocenters. The van der Waals surface area contributed by atoms with Crippen LogP contribution in [-0.4, -0.2) is 88.2 Å². The van der Waals surface area contributed by atoms with Crippen LogP contribution in [0.1, 0.15) is 23.6 Å². The summed E-state index contributed by atoms with van der Waals surface area (Å²) in [5, 5.41) is 31.6. The van der Waals surface area contributed by atoms with Crippen molar-refractivity contribution in [1.82, 2.24) is 4.90 Å². The number of fused-ring (bicyclic) bond motifs is 1. The summed E-state index contributed by atoms with van der Waals surface area (Å²) in [5.41, 5.74) is 8.00. The summed E-state index contributed by atoms with van der Waals surface area (Å²) < 4.78 is 11.4. The summed E-state index contributed by atoms with van der Waals surface area (Å²) in [4.78, 5) is 15.9. The van der Waals surface area contributed by atoms with Gasteiger partial charge in [0, 0.05) is 0 Å². The van der Waals surface area contributed by atoms with Gasteiger partial charge in [-0.05, 0) is 35.7 Å². The highest BCUT2D eigenvalue weighted by Crippen LogP contribution is 2.49. The first-order chi connectivity index (χ1) is 19.8. The zero-order chi connectivity index (χ0) is 28.8. The third kappa shape index (κ3) is 4.10. The molecular formula is C31H33N5O5. The van der Waals surface area contributed by atoms with E-state index >= 15 is 0 Å². The fraction of sp³-hybridized carbons (Fsp3) is 0.323. The maximum absolute atomic E-state index is 10.9. The van der Waals surface area contributed by atoms with Crippen LogP contribution in [0.25, 0.3) is 0 Å².